The number of hydrogen-bond donors (Lipinski definition) is 5. The van der Waals surface area contributed by atoms with E-state index >= 15 is 0 Å². The minimum absolute atomic E-state index is 1.49. The zero-order valence-electron chi connectivity index (χ0n) is 7.77. The molecular formula is C6H11F2O7P. The summed E-state index contributed by atoms with van der Waals surface area (Å²) in [4.78, 5) is 16.6. The summed E-state index contributed by atoms with van der Waals surface area (Å²) >= 11 is 0. The molecule has 4 atom stereocenters. The smallest absolute Gasteiger partial charge is 0.387 e. The Bertz CT molecular complexity index is 305. The summed E-state index contributed by atoms with van der Waals surface area (Å²) in [6, 6.07) is 0. The van der Waals surface area contributed by atoms with Crippen molar-refractivity contribution < 1.29 is 43.2 Å². The summed E-state index contributed by atoms with van der Waals surface area (Å²) in [6.45, 7) is 0. The third-order valence-corrected chi connectivity index (χ3v) is 3.25. The normalized spacial score (nSPS) is 36.7. The van der Waals surface area contributed by atoms with Crippen LogP contribution in [0.1, 0.15) is 6.42 Å². The lowest BCUT2D eigenvalue weighted by molar-refractivity contribution is -0.136. The highest BCUT2D eigenvalue weighted by atomic mass is 31.2. The van der Waals surface area contributed by atoms with Crippen LogP contribution in [0.15, 0.2) is 0 Å². The van der Waals surface area contributed by atoms with Crippen LogP contribution in [0, 0.1) is 0 Å². The van der Waals surface area contributed by atoms with Crippen molar-refractivity contribution in [1.82, 2.24) is 0 Å². The van der Waals surface area contributed by atoms with E-state index in [-0.39, 0.29) is 0 Å². The lowest BCUT2D eigenvalue weighted by atomic mass is 10.1. The average Bonchev–Trinajstić information content (AvgIpc) is 2.31. The molecule has 1 rings (SSSR count). The Morgan fingerprint density at radius 3 is 2.00 bits per heavy atom. The largest absolute Gasteiger partial charge is 0.394 e. The van der Waals surface area contributed by atoms with Crippen molar-refractivity contribution in [2.45, 2.75) is 36.7 Å². The van der Waals surface area contributed by atoms with Crippen LogP contribution in [0.5, 0.6) is 0 Å². The fourth-order valence-corrected chi connectivity index (χ4v) is 1.68. The standard InChI is InChI=1S/C6H11F2O7P/c7-6(8,16(12,13)14)1-2-3(9)4(10)5(11)15-2/h2-5,9-11H,1H2,(H2,12,13,14)/t2-,3+,4-,5?/m1/s1. The molecule has 0 aromatic heterocycles. The molecule has 0 aromatic carbocycles. The Labute approximate surface area is 88.4 Å². The highest BCUT2D eigenvalue weighted by Crippen LogP contribution is 2.55. The number of aliphatic hydroxyl groups excluding tert-OH is 3. The third-order valence-electron chi connectivity index (χ3n) is 2.21. The first-order chi connectivity index (χ1) is 7.06. The van der Waals surface area contributed by atoms with Crippen LogP contribution < -0.4 is 0 Å². The first-order valence-electron chi connectivity index (χ1n) is 4.19. The van der Waals surface area contributed by atoms with E-state index in [0.29, 0.717) is 0 Å². The first-order valence-corrected chi connectivity index (χ1v) is 5.80. The van der Waals surface area contributed by atoms with Crippen molar-refractivity contribution in [3.63, 3.8) is 0 Å². The van der Waals surface area contributed by atoms with E-state index in [1.807, 2.05) is 0 Å². The number of aliphatic hydroxyl groups is 3. The Hall–Kier alpha value is -0.150. The zero-order valence-corrected chi connectivity index (χ0v) is 8.67. The molecule has 1 heterocycles. The van der Waals surface area contributed by atoms with Gasteiger partial charge in [-0.15, -0.1) is 0 Å². The minimum atomic E-state index is -5.67. The van der Waals surface area contributed by atoms with E-state index in [1.165, 1.54) is 0 Å². The van der Waals surface area contributed by atoms with Crippen LogP contribution in [-0.2, 0) is 9.30 Å². The van der Waals surface area contributed by atoms with Crippen molar-refractivity contribution in [2.75, 3.05) is 0 Å². The van der Waals surface area contributed by atoms with Crippen LogP contribution in [0.3, 0.4) is 0 Å². The van der Waals surface area contributed by atoms with Crippen molar-refractivity contribution >= 4 is 7.60 Å². The molecular weight excluding hydrogens is 253 g/mol. The zero-order chi connectivity index (χ0) is 12.7. The molecule has 1 aliphatic heterocycles. The van der Waals surface area contributed by atoms with Gasteiger partial charge in [0.25, 0.3) is 0 Å². The van der Waals surface area contributed by atoms with Crippen LogP contribution in [0.4, 0.5) is 8.78 Å². The van der Waals surface area contributed by atoms with E-state index in [1.54, 1.807) is 0 Å². The fourth-order valence-electron chi connectivity index (χ4n) is 1.26. The molecule has 10 heteroatoms. The predicted molar refractivity (Wildman–Crippen MR) is 44.5 cm³/mol. The van der Waals surface area contributed by atoms with Gasteiger partial charge in [-0.3, -0.25) is 4.57 Å². The average molecular weight is 264 g/mol. The van der Waals surface area contributed by atoms with Gasteiger partial charge in [-0.25, -0.2) is 0 Å². The monoisotopic (exact) mass is 264 g/mol. The number of ether oxygens (including phenoxy) is 1. The van der Waals surface area contributed by atoms with Gasteiger partial charge in [-0.05, 0) is 0 Å². The van der Waals surface area contributed by atoms with E-state index in [2.05, 4.69) is 4.74 Å². The van der Waals surface area contributed by atoms with E-state index in [4.69, 9.17) is 25.1 Å². The molecule has 0 radical (unpaired) electrons. The van der Waals surface area contributed by atoms with Gasteiger partial charge < -0.3 is 29.8 Å². The van der Waals surface area contributed by atoms with Gasteiger partial charge in [0.05, 0.1) is 12.5 Å². The highest BCUT2D eigenvalue weighted by molar-refractivity contribution is 7.53. The summed E-state index contributed by atoms with van der Waals surface area (Å²) in [5.41, 5.74) is -4.39. The maximum absolute atomic E-state index is 12.9. The summed E-state index contributed by atoms with van der Waals surface area (Å²) in [5, 5.41) is 27.0. The van der Waals surface area contributed by atoms with Gasteiger partial charge in [-0.2, -0.15) is 8.78 Å². The second kappa shape index (κ2) is 4.26. The summed E-state index contributed by atoms with van der Waals surface area (Å²) in [7, 11) is -5.67. The number of rotatable bonds is 3. The first kappa shape index (κ1) is 13.9. The number of halogens is 2. The molecule has 0 saturated carbocycles. The van der Waals surface area contributed by atoms with Crippen LogP contribution in [-0.4, -0.2) is 55.4 Å². The lowest BCUT2D eigenvalue weighted by Gasteiger charge is -2.22. The van der Waals surface area contributed by atoms with Gasteiger partial charge in [0, 0.05) is 0 Å². The van der Waals surface area contributed by atoms with Gasteiger partial charge >= 0.3 is 13.3 Å². The van der Waals surface area contributed by atoms with Gasteiger partial charge in [0.15, 0.2) is 6.29 Å². The Balaban J connectivity index is 2.73. The van der Waals surface area contributed by atoms with Crippen molar-refractivity contribution in [2.24, 2.45) is 0 Å². The molecule has 7 nitrogen and oxygen atoms in total. The summed E-state index contributed by atoms with van der Waals surface area (Å²) in [6.07, 6.45) is -8.70. The summed E-state index contributed by atoms with van der Waals surface area (Å²) in [5.74, 6) is 0. The van der Waals surface area contributed by atoms with E-state index in [0.717, 1.165) is 0 Å². The number of hydrogen-bond acceptors (Lipinski definition) is 5. The minimum Gasteiger partial charge on any atom is -0.387 e. The summed E-state index contributed by atoms with van der Waals surface area (Å²) < 4.78 is 40.5. The highest BCUT2D eigenvalue weighted by Gasteiger charge is 2.54. The molecule has 1 aliphatic rings. The quantitative estimate of drug-likeness (QED) is 0.396. The molecule has 0 spiro atoms. The second-order valence-electron chi connectivity index (χ2n) is 3.46. The SMILES string of the molecule is O=P(O)(O)C(F)(F)C[C@H]1OC(O)[C@H](O)[C@H]1O. The molecule has 0 bridgehead atoms. The molecule has 0 aliphatic carbocycles. The Morgan fingerprint density at radius 2 is 1.69 bits per heavy atom. The molecule has 1 fully saturated rings. The molecule has 0 amide bonds. The lowest BCUT2D eigenvalue weighted by Crippen LogP contribution is -2.35. The Morgan fingerprint density at radius 1 is 1.19 bits per heavy atom. The molecule has 1 unspecified atom stereocenters. The molecule has 96 valence electrons. The molecule has 1 saturated heterocycles. The van der Waals surface area contributed by atoms with Crippen molar-refractivity contribution in [3.8, 4) is 0 Å². The fraction of sp³-hybridized carbons (Fsp3) is 1.00. The van der Waals surface area contributed by atoms with Crippen LogP contribution in [0.2, 0.25) is 0 Å². The number of alkyl halides is 2. The third kappa shape index (κ3) is 2.57. The second-order valence-corrected chi connectivity index (χ2v) is 5.20. The topological polar surface area (TPSA) is 127 Å². The van der Waals surface area contributed by atoms with Crippen molar-refractivity contribution in [3.05, 3.63) is 0 Å². The maximum atomic E-state index is 12.9. The molecule has 0 aromatic rings. The maximum Gasteiger partial charge on any atom is 0.394 e. The van der Waals surface area contributed by atoms with Gasteiger partial charge in [-0.1, -0.05) is 0 Å². The molecule has 16 heavy (non-hydrogen) atoms. The van der Waals surface area contributed by atoms with Gasteiger partial charge in [0.2, 0.25) is 0 Å². The predicted octanol–water partition coefficient (Wildman–Crippen LogP) is -1.41. The van der Waals surface area contributed by atoms with Crippen LogP contribution >= 0.6 is 7.60 Å². The van der Waals surface area contributed by atoms with Crippen LogP contribution in [0.25, 0.3) is 0 Å². The van der Waals surface area contributed by atoms with E-state index < -0.39 is 44.3 Å². The Kier molecular flexibility index (Phi) is 3.71. The van der Waals surface area contributed by atoms with Crippen molar-refractivity contribution in [1.29, 1.82) is 0 Å². The van der Waals surface area contributed by atoms with Gasteiger partial charge in [0.1, 0.15) is 12.2 Å². The van der Waals surface area contributed by atoms with E-state index in [9.17, 15) is 13.3 Å². The molecule has 5 N–H and O–H groups in total.